The topological polar surface area (TPSA) is 52.6 Å². The van der Waals surface area contributed by atoms with E-state index in [1.165, 1.54) is 0 Å². The van der Waals surface area contributed by atoms with Gasteiger partial charge in [-0.3, -0.25) is 4.98 Å². The zero-order valence-electron chi connectivity index (χ0n) is 12.7. The van der Waals surface area contributed by atoms with Crippen molar-refractivity contribution in [3.63, 3.8) is 0 Å². The normalized spacial score (nSPS) is 11.8. The highest BCUT2D eigenvalue weighted by atomic mass is 16.5. The molecule has 1 aromatic carbocycles. The highest BCUT2D eigenvalue weighted by molar-refractivity contribution is 5.58. The molecule has 0 aliphatic carbocycles. The average Bonchev–Trinajstić information content (AvgIpc) is 2.55. The molecule has 0 spiro atoms. The first kappa shape index (κ1) is 15.1. The van der Waals surface area contributed by atoms with Crippen LogP contribution in [0.25, 0.3) is 0 Å². The van der Waals surface area contributed by atoms with Crippen LogP contribution in [0.3, 0.4) is 0 Å². The molecule has 1 aromatic heterocycles. The van der Waals surface area contributed by atoms with Gasteiger partial charge in [0.2, 0.25) is 5.75 Å². The first-order valence-electron chi connectivity index (χ1n) is 6.62. The van der Waals surface area contributed by atoms with E-state index in [0.29, 0.717) is 17.2 Å². The Kier molecular flexibility index (Phi) is 5.00. The van der Waals surface area contributed by atoms with Crippen LogP contribution in [-0.2, 0) is 0 Å². The van der Waals surface area contributed by atoms with E-state index in [-0.39, 0.29) is 6.04 Å². The largest absolute Gasteiger partial charge is 0.493 e. The molecule has 1 N–H and O–H groups in total. The zero-order chi connectivity index (χ0) is 15.2. The number of benzene rings is 1. The molecule has 2 aromatic rings. The number of hydrogen-bond donors (Lipinski definition) is 1. The molecule has 0 bridgehead atoms. The van der Waals surface area contributed by atoms with Crippen LogP contribution in [0.15, 0.2) is 36.7 Å². The van der Waals surface area contributed by atoms with Gasteiger partial charge in [-0.2, -0.15) is 0 Å². The van der Waals surface area contributed by atoms with Crippen molar-refractivity contribution in [2.24, 2.45) is 0 Å². The number of methoxy groups -OCH3 is 3. The van der Waals surface area contributed by atoms with Crippen molar-refractivity contribution in [3.05, 3.63) is 47.8 Å². The third-order valence-corrected chi connectivity index (χ3v) is 3.35. The van der Waals surface area contributed by atoms with Gasteiger partial charge in [0.25, 0.3) is 0 Å². The van der Waals surface area contributed by atoms with E-state index in [1.54, 1.807) is 27.5 Å². The van der Waals surface area contributed by atoms with E-state index < -0.39 is 0 Å². The van der Waals surface area contributed by atoms with Gasteiger partial charge in [-0.05, 0) is 30.8 Å². The zero-order valence-corrected chi connectivity index (χ0v) is 12.7. The predicted molar refractivity (Wildman–Crippen MR) is 81.2 cm³/mol. The van der Waals surface area contributed by atoms with E-state index in [2.05, 4.69) is 10.3 Å². The molecule has 1 unspecified atom stereocenters. The quantitative estimate of drug-likeness (QED) is 0.884. The maximum Gasteiger partial charge on any atom is 0.203 e. The summed E-state index contributed by atoms with van der Waals surface area (Å²) in [4.78, 5) is 4.17. The van der Waals surface area contributed by atoms with Crippen LogP contribution in [0.2, 0.25) is 0 Å². The second kappa shape index (κ2) is 6.95. The van der Waals surface area contributed by atoms with Gasteiger partial charge in [0, 0.05) is 18.0 Å². The Morgan fingerprint density at radius 3 is 2.29 bits per heavy atom. The van der Waals surface area contributed by atoms with E-state index in [4.69, 9.17) is 14.2 Å². The van der Waals surface area contributed by atoms with Crippen LogP contribution in [0.4, 0.5) is 0 Å². The number of hydrogen-bond acceptors (Lipinski definition) is 5. The first-order chi connectivity index (χ1) is 10.3. The third-order valence-electron chi connectivity index (χ3n) is 3.35. The Hall–Kier alpha value is -2.27. The maximum atomic E-state index is 5.55. The highest BCUT2D eigenvalue weighted by Gasteiger charge is 2.22. The summed E-state index contributed by atoms with van der Waals surface area (Å²) in [5, 5.41) is 3.28. The van der Waals surface area contributed by atoms with E-state index >= 15 is 0 Å². The second-order valence-electron chi connectivity index (χ2n) is 4.43. The van der Waals surface area contributed by atoms with Crippen LogP contribution in [0.5, 0.6) is 17.2 Å². The summed E-state index contributed by atoms with van der Waals surface area (Å²) in [6.45, 7) is 0. The minimum absolute atomic E-state index is 0.0477. The lowest BCUT2D eigenvalue weighted by molar-refractivity contribution is 0.320. The molecule has 0 saturated heterocycles. The predicted octanol–water partition coefficient (Wildman–Crippen LogP) is 2.42. The van der Waals surface area contributed by atoms with Gasteiger partial charge in [-0.15, -0.1) is 0 Å². The molecule has 0 aliphatic rings. The van der Waals surface area contributed by atoms with Gasteiger partial charge in [0.15, 0.2) is 11.5 Å². The van der Waals surface area contributed by atoms with Gasteiger partial charge < -0.3 is 19.5 Å². The van der Waals surface area contributed by atoms with E-state index in [1.807, 2.05) is 37.5 Å². The summed E-state index contributed by atoms with van der Waals surface area (Å²) in [6, 6.07) is 7.72. The van der Waals surface area contributed by atoms with Crippen molar-refractivity contribution in [2.75, 3.05) is 28.4 Å². The number of pyridine rings is 1. The van der Waals surface area contributed by atoms with Crippen molar-refractivity contribution < 1.29 is 14.2 Å². The number of ether oxygens (including phenoxy) is 3. The Morgan fingerprint density at radius 2 is 1.76 bits per heavy atom. The van der Waals surface area contributed by atoms with E-state index in [0.717, 1.165) is 11.1 Å². The van der Waals surface area contributed by atoms with Crippen molar-refractivity contribution in [1.29, 1.82) is 0 Å². The monoisotopic (exact) mass is 288 g/mol. The Balaban J connectivity index is 2.56. The minimum Gasteiger partial charge on any atom is -0.493 e. The third kappa shape index (κ3) is 2.92. The fraction of sp³-hybridized carbons (Fsp3) is 0.312. The fourth-order valence-corrected chi connectivity index (χ4v) is 2.40. The molecule has 0 aliphatic heterocycles. The number of nitrogens with one attached hydrogen (secondary N) is 1. The van der Waals surface area contributed by atoms with Crippen LogP contribution in [0.1, 0.15) is 17.2 Å². The summed E-state index contributed by atoms with van der Waals surface area (Å²) in [5.41, 5.74) is 2.01. The van der Waals surface area contributed by atoms with Crippen LogP contribution < -0.4 is 19.5 Å². The van der Waals surface area contributed by atoms with Gasteiger partial charge in [-0.25, -0.2) is 0 Å². The molecule has 5 nitrogen and oxygen atoms in total. The molecule has 0 saturated carbocycles. The highest BCUT2D eigenvalue weighted by Crippen LogP contribution is 2.43. The van der Waals surface area contributed by atoms with Crippen LogP contribution >= 0.6 is 0 Å². The molecular formula is C16H20N2O3. The Bertz CT molecular complexity index is 588. The first-order valence-corrected chi connectivity index (χ1v) is 6.62. The molecule has 1 atom stereocenters. The molecule has 21 heavy (non-hydrogen) atoms. The number of rotatable bonds is 6. The molecule has 1 heterocycles. The van der Waals surface area contributed by atoms with Crippen molar-refractivity contribution in [3.8, 4) is 17.2 Å². The fourth-order valence-electron chi connectivity index (χ4n) is 2.40. The lowest BCUT2D eigenvalue weighted by atomic mass is 9.98. The van der Waals surface area contributed by atoms with Crippen molar-refractivity contribution in [2.45, 2.75) is 6.04 Å². The summed E-state index contributed by atoms with van der Waals surface area (Å²) in [6.07, 6.45) is 3.58. The summed E-state index contributed by atoms with van der Waals surface area (Å²) >= 11 is 0. The maximum absolute atomic E-state index is 5.55. The second-order valence-corrected chi connectivity index (χ2v) is 4.43. The number of aromatic nitrogens is 1. The Labute approximate surface area is 124 Å². The lowest BCUT2D eigenvalue weighted by Crippen LogP contribution is -2.19. The lowest BCUT2D eigenvalue weighted by Gasteiger charge is -2.22. The van der Waals surface area contributed by atoms with Crippen molar-refractivity contribution >= 4 is 0 Å². The molecule has 2 rings (SSSR count). The molecular weight excluding hydrogens is 268 g/mol. The smallest absolute Gasteiger partial charge is 0.203 e. The molecule has 0 amide bonds. The van der Waals surface area contributed by atoms with E-state index in [9.17, 15) is 0 Å². The van der Waals surface area contributed by atoms with Crippen molar-refractivity contribution in [1.82, 2.24) is 10.3 Å². The summed E-state index contributed by atoms with van der Waals surface area (Å²) < 4.78 is 16.3. The van der Waals surface area contributed by atoms with Gasteiger partial charge in [0.1, 0.15) is 0 Å². The van der Waals surface area contributed by atoms with Gasteiger partial charge in [0.05, 0.1) is 27.4 Å². The SMILES string of the molecule is CNC(c1cccnc1)c1ccc(OC)c(OC)c1OC. The summed E-state index contributed by atoms with van der Waals surface area (Å²) in [5.74, 6) is 1.88. The van der Waals surface area contributed by atoms with Gasteiger partial charge >= 0.3 is 0 Å². The van der Waals surface area contributed by atoms with Crippen LogP contribution in [-0.4, -0.2) is 33.4 Å². The molecule has 5 heteroatoms. The van der Waals surface area contributed by atoms with Gasteiger partial charge in [-0.1, -0.05) is 6.07 Å². The standard InChI is InChI=1S/C16H20N2O3/c1-17-14(11-6-5-9-18-10-11)12-7-8-13(19-2)16(21-4)15(12)20-3/h5-10,14,17H,1-4H3. The molecule has 0 fully saturated rings. The summed E-state index contributed by atoms with van der Waals surface area (Å²) in [7, 11) is 6.72. The average molecular weight is 288 g/mol. The van der Waals surface area contributed by atoms with Crippen LogP contribution in [0, 0.1) is 0 Å². The molecule has 112 valence electrons. The number of nitrogens with zero attached hydrogens (tertiary/aromatic N) is 1. The molecule has 0 radical (unpaired) electrons. The minimum atomic E-state index is -0.0477. The Morgan fingerprint density at radius 1 is 1.00 bits per heavy atom.